The minimum absolute atomic E-state index is 0.0700. The lowest BCUT2D eigenvalue weighted by molar-refractivity contribution is -0.121. The van der Waals surface area contributed by atoms with Crippen LogP contribution >= 0.6 is 0 Å². The highest BCUT2D eigenvalue weighted by Crippen LogP contribution is 2.24. The van der Waals surface area contributed by atoms with Gasteiger partial charge in [-0.15, -0.1) is 0 Å². The van der Waals surface area contributed by atoms with Gasteiger partial charge in [-0.2, -0.15) is 0 Å². The van der Waals surface area contributed by atoms with Gasteiger partial charge < -0.3 is 5.32 Å². The van der Waals surface area contributed by atoms with Crippen molar-refractivity contribution in [2.45, 2.75) is 26.3 Å². The topological polar surface area (TPSA) is 64.0 Å². The second-order valence-corrected chi connectivity index (χ2v) is 6.50. The number of rotatable bonds is 6. The minimum Gasteiger partial charge on any atom is -0.353 e. The van der Waals surface area contributed by atoms with E-state index in [1.807, 2.05) is 67.6 Å². The highest BCUT2D eigenvalue weighted by Gasteiger charge is 2.22. The summed E-state index contributed by atoms with van der Waals surface area (Å²) in [7, 11) is 0. The predicted octanol–water partition coefficient (Wildman–Crippen LogP) is 2.81. The molecule has 0 bridgehead atoms. The van der Waals surface area contributed by atoms with E-state index in [2.05, 4.69) is 10.3 Å². The molecule has 138 valence electrons. The monoisotopic (exact) mass is 361 g/mol. The van der Waals surface area contributed by atoms with Crippen LogP contribution in [0.2, 0.25) is 0 Å². The summed E-state index contributed by atoms with van der Waals surface area (Å²) >= 11 is 0. The second-order valence-electron chi connectivity index (χ2n) is 6.50. The normalized spacial score (nSPS) is 10.8. The number of amides is 1. The van der Waals surface area contributed by atoms with Crippen LogP contribution in [0.4, 0.5) is 0 Å². The number of hydrogen-bond donors (Lipinski definition) is 1. The molecule has 27 heavy (non-hydrogen) atoms. The van der Waals surface area contributed by atoms with Crippen molar-refractivity contribution >= 4 is 5.91 Å². The van der Waals surface area contributed by atoms with Crippen LogP contribution in [0.3, 0.4) is 0 Å². The summed E-state index contributed by atoms with van der Waals surface area (Å²) in [5.41, 5.74) is 3.17. The van der Waals surface area contributed by atoms with Gasteiger partial charge in [0.05, 0.1) is 12.2 Å². The van der Waals surface area contributed by atoms with Gasteiger partial charge in [-0.1, -0.05) is 60.7 Å². The molecule has 0 radical (unpaired) electrons. The molecule has 0 atom stereocenters. The summed E-state index contributed by atoms with van der Waals surface area (Å²) in [6.45, 7) is 4.32. The van der Waals surface area contributed by atoms with Gasteiger partial charge in [0.1, 0.15) is 0 Å². The molecule has 1 heterocycles. The molecule has 0 saturated heterocycles. The van der Waals surface area contributed by atoms with Crippen LogP contribution in [-0.2, 0) is 11.3 Å². The third-order valence-electron chi connectivity index (χ3n) is 4.70. The highest BCUT2D eigenvalue weighted by molar-refractivity contribution is 5.87. The van der Waals surface area contributed by atoms with Crippen molar-refractivity contribution in [2.24, 2.45) is 0 Å². The number of hydrogen-bond acceptors (Lipinski definition) is 3. The average molecular weight is 361 g/mol. The first kappa shape index (κ1) is 18.6. The highest BCUT2D eigenvalue weighted by atomic mass is 16.2. The zero-order valence-electron chi connectivity index (χ0n) is 15.6. The van der Waals surface area contributed by atoms with Gasteiger partial charge in [-0.25, -0.2) is 4.98 Å². The number of aryl methyl sites for hydroxylation is 1. The van der Waals surface area contributed by atoms with Crippen molar-refractivity contribution < 1.29 is 4.79 Å². The molecule has 5 heteroatoms. The van der Waals surface area contributed by atoms with E-state index >= 15 is 0 Å². The Bertz CT molecular complexity index is 926. The van der Waals surface area contributed by atoms with Crippen LogP contribution in [-0.4, -0.2) is 22.0 Å². The Kier molecular flexibility index (Phi) is 5.81. The van der Waals surface area contributed by atoms with Gasteiger partial charge in [0, 0.05) is 24.3 Å². The van der Waals surface area contributed by atoms with Gasteiger partial charge in [-0.05, 0) is 25.0 Å². The van der Waals surface area contributed by atoms with Crippen LogP contribution in [0.5, 0.6) is 0 Å². The Morgan fingerprint density at radius 1 is 1.00 bits per heavy atom. The van der Waals surface area contributed by atoms with E-state index < -0.39 is 0 Å². The molecule has 0 unspecified atom stereocenters. The molecule has 0 spiro atoms. The Balaban J connectivity index is 1.74. The lowest BCUT2D eigenvalue weighted by Crippen LogP contribution is -2.35. The van der Waals surface area contributed by atoms with E-state index in [1.54, 1.807) is 6.92 Å². The van der Waals surface area contributed by atoms with Crippen molar-refractivity contribution in [1.29, 1.82) is 0 Å². The van der Waals surface area contributed by atoms with Crippen LogP contribution in [0.25, 0.3) is 0 Å². The lowest BCUT2D eigenvalue weighted by atomic mass is 9.90. The van der Waals surface area contributed by atoms with Crippen molar-refractivity contribution in [2.75, 3.05) is 6.54 Å². The van der Waals surface area contributed by atoms with Crippen molar-refractivity contribution in [3.63, 3.8) is 0 Å². The summed E-state index contributed by atoms with van der Waals surface area (Å²) in [4.78, 5) is 29.4. The molecule has 1 amide bonds. The van der Waals surface area contributed by atoms with Crippen LogP contribution < -0.4 is 10.9 Å². The fraction of sp³-hybridized carbons (Fsp3) is 0.227. The summed E-state index contributed by atoms with van der Waals surface area (Å²) in [6.07, 6.45) is 1.53. The maximum absolute atomic E-state index is 12.9. The molecule has 0 aliphatic heterocycles. The summed E-state index contributed by atoms with van der Waals surface area (Å²) in [6, 6.07) is 19.4. The summed E-state index contributed by atoms with van der Waals surface area (Å²) in [5.74, 6) is -0.473. The number of nitrogens with zero attached hydrogens (tertiary/aromatic N) is 2. The Hall–Kier alpha value is -3.21. The fourth-order valence-electron chi connectivity index (χ4n) is 3.02. The molecule has 3 aromatic rings. The molecular weight excluding hydrogens is 338 g/mol. The molecule has 2 aromatic carbocycles. The number of aromatic nitrogens is 2. The molecule has 5 nitrogen and oxygen atoms in total. The molecule has 1 N–H and O–H groups in total. The molecule has 0 aliphatic carbocycles. The number of carbonyl (C=O) groups excluding carboxylic acids is 1. The summed E-state index contributed by atoms with van der Waals surface area (Å²) in [5, 5.41) is 2.96. The van der Waals surface area contributed by atoms with Crippen molar-refractivity contribution in [3.05, 3.63) is 99.7 Å². The molecule has 1 aromatic heterocycles. The maximum Gasteiger partial charge on any atom is 0.256 e. The Morgan fingerprint density at radius 3 is 2.11 bits per heavy atom. The summed E-state index contributed by atoms with van der Waals surface area (Å²) < 4.78 is 1.53. The smallest absolute Gasteiger partial charge is 0.256 e. The van der Waals surface area contributed by atoms with E-state index in [0.29, 0.717) is 18.7 Å². The lowest BCUT2D eigenvalue weighted by Gasteiger charge is -2.18. The van der Waals surface area contributed by atoms with Gasteiger partial charge in [-0.3, -0.25) is 14.2 Å². The fourth-order valence-corrected chi connectivity index (χ4v) is 3.02. The molecule has 3 rings (SSSR count). The minimum atomic E-state index is -0.387. The van der Waals surface area contributed by atoms with Crippen LogP contribution in [0, 0.1) is 13.8 Å². The van der Waals surface area contributed by atoms with Crippen molar-refractivity contribution in [1.82, 2.24) is 14.9 Å². The Morgan fingerprint density at radius 2 is 1.56 bits per heavy atom. The third kappa shape index (κ3) is 4.31. The Labute approximate surface area is 158 Å². The van der Waals surface area contributed by atoms with E-state index in [1.165, 1.54) is 10.9 Å². The van der Waals surface area contributed by atoms with E-state index in [4.69, 9.17) is 0 Å². The van der Waals surface area contributed by atoms with E-state index in [-0.39, 0.29) is 17.4 Å². The standard InChI is InChI=1S/C22H23N3O2/c1-16-17(2)24-15-25(22(16)27)14-13-23-21(26)20(18-9-5-3-6-10-18)19-11-7-4-8-12-19/h3-12,15,20H,13-14H2,1-2H3,(H,23,26). The molecule has 0 aliphatic rings. The first-order valence-corrected chi connectivity index (χ1v) is 8.98. The third-order valence-corrected chi connectivity index (χ3v) is 4.70. The second kappa shape index (κ2) is 8.45. The van der Waals surface area contributed by atoms with Gasteiger partial charge in [0.15, 0.2) is 0 Å². The number of nitrogens with one attached hydrogen (secondary N) is 1. The molecule has 0 fully saturated rings. The molecular formula is C22H23N3O2. The quantitative estimate of drug-likeness (QED) is 0.734. The first-order valence-electron chi connectivity index (χ1n) is 8.98. The molecule has 0 saturated carbocycles. The maximum atomic E-state index is 12.9. The van der Waals surface area contributed by atoms with Gasteiger partial charge in [0.2, 0.25) is 5.91 Å². The predicted molar refractivity (Wildman–Crippen MR) is 106 cm³/mol. The largest absolute Gasteiger partial charge is 0.353 e. The van der Waals surface area contributed by atoms with Gasteiger partial charge >= 0.3 is 0 Å². The SMILES string of the molecule is Cc1ncn(CCNC(=O)C(c2ccccc2)c2ccccc2)c(=O)c1C. The van der Waals surface area contributed by atoms with Crippen molar-refractivity contribution in [3.8, 4) is 0 Å². The number of carbonyl (C=O) groups is 1. The van der Waals surface area contributed by atoms with E-state index in [0.717, 1.165) is 16.8 Å². The zero-order valence-corrected chi connectivity index (χ0v) is 15.6. The average Bonchev–Trinajstić information content (AvgIpc) is 2.70. The van der Waals surface area contributed by atoms with E-state index in [9.17, 15) is 9.59 Å². The van der Waals surface area contributed by atoms with Crippen LogP contribution in [0.15, 0.2) is 71.8 Å². The zero-order chi connectivity index (χ0) is 19.2. The number of benzene rings is 2. The first-order chi connectivity index (χ1) is 13.1. The van der Waals surface area contributed by atoms with Crippen LogP contribution in [0.1, 0.15) is 28.3 Å². The van der Waals surface area contributed by atoms with Gasteiger partial charge in [0.25, 0.3) is 5.56 Å².